The average Bonchev–Trinajstić information content (AvgIpc) is 2.16. The maximum absolute atomic E-state index is 11.1. The Bertz CT molecular complexity index is 323. The molecule has 0 amide bonds. The third-order valence-electron chi connectivity index (χ3n) is 1.64. The number of rotatable bonds is 3. The van der Waals surface area contributed by atoms with E-state index in [0.717, 1.165) is 0 Å². The number of carbonyl (C=O) groups is 1. The minimum absolute atomic E-state index is 0.0168. The second-order valence-electron chi connectivity index (χ2n) is 2.50. The lowest BCUT2D eigenvalue weighted by Crippen LogP contribution is -1.97. The third-order valence-corrected chi connectivity index (χ3v) is 2.15. The van der Waals surface area contributed by atoms with Crippen LogP contribution in [-0.4, -0.2) is 12.9 Å². The minimum Gasteiger partial charge on any atom is -0.496 e. The van der Waals surface area contributed by atoms with Crippen molar-refractivity contribution in [1.82, 2.24) is 0 Å². The summed E-state index contributed by atoms with van der Waals surface area (Å²) in [5, 5.41) is 0. The van der Waals surface area contributed by atoms with Crippen LogP contribution in [0.4, 0.5) is 0 Å². The molecule has 0 unspecified atom stereocenters. The molecule has 13 heavy (non-hydrogen) atoms. The van der Waals surface area contributed by atoms with Gasteiger partial charge in [-0.1, -0.05) is 0 Å². The summed E-state index contributed by atoms with van der Waals surface area (Å²) in [4.78, 5) is 11.1. The van der Waals surface area contributed by atoms with Crippen molar-refractivity contribution in [2.24, 2.45) is 0 Å². The van der Waals surface area contributed by atoms with Gasteiger partial charge in [-0.3, -0.25) is 4.79 Å². The second-order valence-corrected chi connectivity index (χ2v) is 2.94. The van der Waals surface area contributed by atoms with Gasteiger partial charge in [0, 0.05) is 6.07 Å². The van der Waals surface area contributed by atoms with Crippen LogP contribution in [-0.2, 0) is 0 Å². The predicted octanol–water partition coefficient (Wildman–Crippen LogP) is 2.63. The van der Waals surface area contributed by atoms with Gasteiger partial charge in [0.05, 0.1) is 12.7 Å². The van der Waals surface area contributed by atoms with E-state index in [1.165, 1.54) is 14.0 Å². The Kier molecular flexibility index (Phi) is 3.53. The van der Waals surface area contributed by atoms with Crippen molar-refractivity contribution >= 4 is 28.8 Å². The van der Waals surface area contributed by atoms with Gasteiger partial charge in [-0.25, -0.2) is 0 Å². The first-order chi connectivity index (χ1) is 6.19. The second kappa shape index (κ2) is 4.45. The summed E-state index contributed by atoms with van der Waals surface area (Å²) in [6, 6.07) is 5.10. The maximum Gasteiger partial charge on any atom is 0.192 e. The molecule has 1 aromatic rings. The van der Waals surface area contributed by atoms with Gasteiger partial charge in [-0.05, 0) is 19.1 Å². The fourth-order valence-electron chi connectivity index (χ4n) is 1.01. The molecule has 1 aromatic carbocycles. The molecule has 0 radical (unpaired) electrons. The lowest BCUT2D eigenvalue weighted by atomic mass is 10.1. The van der Waals surface area contributed by atoms with Crippen LogP contribution < -0.4 is 7.80 Å². The Hall–Kier alpha value is -0.780. The first kappa shape index (κ1) is 10.3. The Labute approximate surface area is 90.7 Å². The largest absolute Gasteiger partial charge is 0.496 e. The van der Waals surface area contributed by atoms with Crippen LogP contribution in [0.3, 0.4) is 0 Å². The zero-order valence-corrected chi connectivity index (χ0v) is 9.49. The van der Waals surface area contributed by atoms with E-state index in [2.05, 4.69) is 0 Å². The Balaban J connectivity index is 3.15. The van der Waals surface area contributed by atoms with Crippen LogP contribution in [0.5, 0.6) is 11.5 Å². The van der Waals surface area contributed by atoms with Gasteiger partial charge in [0.1, 0.15) is 11.5 Å². The van der Waals surface area contributed by atoms with Gasteiger partial charge in [0.2, 0.25) is 0 Å². The molecule has 0 atom stereocenters. The highest BCUT2D eigenvalue weighted by molar-refractivity contribution is 14.1. The van der Waals surface area contributed by atoms with Crippen LogP contribution >= 0.6 is 23.0 Å². The number of methoxy groups -OCH3 is 1. The Morgan fingerprint density at radius 3 is 2.62 bits per heavy atom. The number of carbonyl (C=O) groups excluding carboxylic acids is 1. The molecule has 0 fully saturated rings. The highest BCUT2D eigenvalue weighted by Crippen LogP contribution is 2.25. The summed E-state index contributed by atoms with van der Waals surface area (Å²) in [6.45, 7) is 1.50. The van der Waals surface area contributed by atoms with Gasteiger partial charge in [-0.2, -0.15) is 0 Å². The minimum atomic E-state index is -0.0168. The van der Waals surface area contributed by atoms with Crippen molar-refractivity contribution in [2.45, 2.75) is 6.92 Å². The molecular weight excluding hydrogens is 283 g/mol. The standard InChI is InChI=1S/C9H9IO3/c1-6(11)8-4-3-7(13-10)5-9(8)12-2/h3-5H,1-2H3. The van der Waals surface area contributed by atoms with Crippen molar-refractivity contribution in [3.63, 3.8) is 0 Å². The summed E-state index contributed by atoms with van der Waals surface area (Å²) in [5.74, 6) is 1.20. The highest BCUT2D eigenvalue weighted by atomic mass is 127. The molecule has 0 aliphatic heterocycles. The quantitative estimate of drug-likeness (QED) is 0.634. The zero-order chi connectivity index (χ0) is 9.84. The van der Waals surface area contributed by atoms with Gasteiger partial charge in [0.15, 0.2) is 28.8 Å². The molecule has 0 bridgehead atoms. The average molecular weight is 292 g/mol. The van der Waals surface area contributed by atoms with E-state index < -0.39 is 0 Å². The summed E-state index contributed by atoms with van der Waals surface area (Å²) in [7, 11) is 1.53. The Morgan fingerprint density at radius 1 is 1.46 bits per heavy atom. The first-order valence-corrected chi connectivity index (χ1v) is 4.54. The van der Waals surface area contributed by atoms with Crippen LogP contribution in [0.2, 0.25) is 0 Å². The number of hydrogen-bond acceptors (Lipinski definition) is 3. The molecule has 0 aliphatic carbocycles. The number of hydrogen-bond donors (Lipinski definition) is 0. The molecular formula is C9H9IO3. The molecule has 1 rings (SSSR count). The van der Waals surface area contributed by atoms with Gasteiger partial charge < -0.3 is 7.80 Å². The molecule has 0 heterocycles. The lowest BCUT2D eigenvalue weighted by molar-refractivity contribution is 0.101. The van der Waals surface area contributed by atoms with E-state index in [0.29, 0.717) is 17.1 Å². The molecule has 0 aromatic heterocycles. The molecule has 0 N–H and O–H groups in total. The maximum atomic E-state index is 11.1. The number of halogens is 1. The fourth-order valence-corrected chi connectivity index (χ4v) is 1.28. The van der Waals surface area contributed by atoms with Crippen LogP contribution in [0.25, 0.3) is 0 Å². The molecule has 3 nitrogen and oxygen atoms in total. The summed E-state index contributed by atoms with van der Waals surface area (Å²) < 4.78 is 10.0. The van der Waals surface area contributed by atoms with Crippen molar-refractivity contribution < 1.29 is 12.6 Å². The smallest absolute Gasteiger partial charge is 0.192 e. The van der Waals surface area contributed by atoms with Crippen molar-refractivity contribution in [3.05, 3.63) is 23.8 Å². The van der Waals surface area contributed by atoms with Crippen molar-refractivity contribution in [1.29, 1.82) is 0 Å². The normalized spacial score (nSPS) is 9.46. The van der Waals surface area contributed by atoms with E-state index in [9.17, 15) is 4.79 Å². The first-order valence-electron chi connectivity index (χ1n) is 3.66. The number of benzene rings is 1. The molecule has 70 valence electrons. The fraction of sp³-hybridized carbons (Fsp3) is 0.222. The van der Waals surface area contributed by atoms with Crippen LogP contribution in [0, 0.1) is 0 Å². The summed E-state index contributed by atoms with van der Waals surface area (Å²) in [5.41, 5.74) is 0.569. The number of ketones is 1. The molecule has 0 aliphatic rings. The van der Waals surface area contributed by atoms with Crippen LogP contribution in [0.1, 0.15) is 17.3 Å². The highest BCUT2D eigenvalue weighted by Gasteiger charge is 2.08. The van der Waals surface area contributed by atoms with E-state index in [1.807, 2.05) is 0 Å². The summed E-state index contributed by atoms with van der Waals surface area (Å²) in [6.07, 6.45) is 0. The SMILES string of the molecule is COc1cc(OI)ccc1C(C)=O. The lowest BCUT2D eigenvalue weighted by Gasteiger charge is -2.06. The van der Waals surface area contributed by atoms with E-state index in [-0.39, 0.29) is 5.78 Å². The third kappa shape index (κ3) is 2.33. The molecule has 0 saturated carbocycles. The van der Waals surface area contributed by atoms with Crippen molar-refractivity contribution in [2.75, 3.05) is 7.11 Å². The zero-order valence-electron chi connectivity index (χ0n) is 7.33. The van der Waals surface area contributed by atoms with Gasteiger partial charge >= 0.3 is 0 Å². The predicted molar refractivity (Wildman–Crippen MR) is 57.6 cm³/mol. The summed E-state index contributed by atoms with van der Waals surface area (Å²) >= 11 is 1.77. The van der Waals surface area contributed by atoms with E-state index >= 15 is 0 Å². The van der Waals surface area contributed by atoms with E-state index in [4.69, 9.17) is 7.80 Å². The Morgan fingerprint density at radius 2 is 2.15 bits per heavy atom. The van der Waals surface area contributed by atoms with Gasteiger partial charge in [0.25, 0.3) is 0 Å². The van der Waals surface area contributed by atoms with Gasteiger partial charge in [-0.15, -0.1) is 0 Å². The monoisotopic (exact) mass is 292 g/mol. The molecule has 4 heteroatoms. The molecule has 0 saturated heterocycles. The van der Waals surface area contributed by atoms with Crippen molar-refractivity contribution in [3.8, 4) is 11.5 Å². The molecule has 0 spiro atoms. The number of ether oxygens (including phenoxy) is 1. The topological polar surface area (TPSA) is 35.5 Å². The number of Topliss-reactive ketones (excluding diaryl/α,β-unsaturated/α-hetero) is 1. The van der Waals surface area contributed by atoms with E-state index in [1.54, 1.807) is 41.2 Å². The van der Waals surface area contributed by atoms with Crippen LogP contribution in [0.15, 0.2) is 18.2 Å².